The highest BCUT2D eigenvalue weighted by atomic mass is 19.2. The van der Waals surface area contributed by atoms with Crippen LogP contribution in [0.4, 0.5) is 18.0 Å². The summed E-state index contributed by atoms with van der Waals surface area (Å²) in [7, 11) is 0. The third-order valence-corrected chi connectivity index (χ3v) is 4.98. The zero-order valence-electron chi connectivity index (χ0n) is 15.0. The van der Waals surface area contributed by atoms with E-state index in [1.165, 1.54) is 0 Å². The number of hydrogen-bond acceptors (Lipinski definition) is 3. The van der Waals surface area contributed by atoms with Crippen molar-refractivity contribution in [3.63, 3.8) is 0 Å². The van der Waals surface area contributed by atoms with Gasteiger partial charge in [0.15, 0.2) is 17.4 Å². The zero-order chi connectivity index (χ0) is 19.2. The quantitative estimate of drug-likeness (QED) is 0.571. The van der Waals surface area contributed by atoms with E-state index in [2.05, 4.69) is 0 Å². The van der Waals surface area contributed by atoms with Gasteiger partial charge in [-0.15, -0.1) is 0 Å². The second-order valence-corrected chi connectivity index (χ2v) is 8.05. The predicted octanol–water partition coefficient (Wildman–Crippen LogP) is 4.46. The molecule has 2 saturated heterocycles. The van der Waals surface area contributed by atoms with Crippen LogP contribution in [0.5, 0.6) is 0 Å². The summed E-state index contributed by atoms with van der Waals surface area (Å²) in [4.78, 5) is 26.7. The van der Waals surface area contributed by atoms with Gasteiger partial charge in [-0.1, -0.05) is 0 Å². The number of carbonyl (C=O) groups excluding carboxylic acids is 2. The van der Waals surface area contributed by atoms with Gasteiger partial charge in [-0.2, -0.15) is 0 Å². The molecular weight excluding hydrogens is 347 g/mol. The van der Waals surface area contributed by atoms with E-state index in [4.69, 9.17) is 4.74 Å². The van der Waals surface area contributed by atoms with Crippen LogP contribution in [0.15, 0.2) is 12.1 Å². The first-order chi connectivity index (χ1) is 12.1. The number of ketones is 1. The Kier molecular flexibility index (Phi) is 4.75. The maximum absolute atomic E-state index is 13.9. The van der Waals surface area contributed by atoms with Crippen LogP contribution in [0.1, 0.15) is 56.8 Å². The van der Waals surface area contributed by atoms with Crippen LogP contribution in [-0.2, 0) is 4.74 Å². The molecule has 0 spiro atoms. The Morgan fingerprint density at radius 2 is 1.54 bits per heavy atom. The van der Waals surface area contributed by atoms with E-state index in [0.717, 1.165) is 12.8 Å². The van der Waals surface area contributed by atoms with Gasteiger partial charge in [0.1, 0.15) is 11.4 Å². The lowest BCUT2D eigenvalue weighted by Gasteiger charge is -2.39. The summed E-state index contributed by atoms with van der Waals surface area (Å²) in [6.07, 6.45) is 1.82. The third-order valence-electron chi connectivity index (χ3n) is 4.98. The van der Waals surface area contributed by atoms with Gasteiger partial charge in [-0.3, -0.25) is 4.79 Å². The fourth-order valence-electron chi connectivity index (χ4n) is 3.94. The first-order valence-electron chi connectivity index (χ1n) is 8.77. The van der Waals surface area contributed by atoms with Crippen molar-refractivity contribution in [3.8, 4) is 0 Å². The molecule has 0 N–H and O–H groups in total. The van der Waals surface area contributed by atoms with Crippen molar-refractivity contribution in [2.24, 2.45) is 5.92 Å². The number of ether oxygens (including phenoxy) is 1. The van der Waals surface area contributed by atoms with Gasteiger partial charge in [-0.25, -0.2) is 18.0 Å². The first kappa shape index (κ1) is 18.7. The van der Waals surface area contributed by atoms with Crippen molar-refractivity contribution in [2.45, 2.75) is 64.1 Å². The second-order valence-electron chi connectivity index (χ2n) is 8.05. The van der Waals surface area contributed by atoms with E-state index in [1.807, 2.05) is 0 Å². The summed E-state index contributed by atoms with van der Waals surface area (Å²) in [5, 5.41) is 0. The molecule has 7 heteroatoms. The third kappa shape index (κ3) is 3.57. The van der Waals surface area contributed by atoms with E-state index in [1.54, 1.807) is 25.7 Å². The van der Waals surface area contributed by atoms with E-state index >= 15 is 0 Å². The minimum absolute atomic E-state index is 0.161. The SMILES string of the molecule is CC(C)(C)OC(=O)N1C2CCC1CC(C(=O)c1cc(F)c(F)cc1F)C2. The highest BCUT2D eigenvalue weighted by Crippen LogP contribution is 2.41. The minimum Gasteiger partial charge on any atom is -0.444 e. The highest BCUT2D eigenvalue weighted by Gasteiger charge is 2.46. The lowest BCUT2D eigenvalue weighted by molar-refractivity contribution is 0.00250. The van der Waals surface area contributed by atoms with Crippen molar-refractivity contribution < 1.29 is 27.5 Å². The van der Waals surface area contributed by atoms with E-state index in [9.17, 15) is 22.8 Å². The van der Waals surface area contributed by atoms with Gasteiger partial charge in [0.25, 0.3) is 0 Å². The van der Waals surface area contributed by atoms with Crippen molar-refractivity contribution in [1.82, 2.24) is 4.90 Å². The molecule has 0 aliphatic carbocycles. The molecule has 2 atom stereocenters. The summed E-state index contributed by atoms with van der Waals surface area (Å²) in [6, 6.07) is 0.694. The molecule has 142 valence electrons. The molecule has 2 heterocycles. The Morgan fingerprint density at radius 3 is 2.08 bits per heavy atom. The second kappa shape index (κ2) is 6.59. The number of carbonyl (C=O) groups is 2. The molecular formula is C19H22F3NO3. The number of halogens is 3. The van der Waals surface area contributed by atoms with Crippen LogP contribution in [0.25, 0.3) is 0 Å². The summed E-state index contributed by atoms with van der Waals surface area (Å²) < 4.78 is 45.9. The van der Waals surface area contributed by atoms with Crippen LogP contribution < -0.4 is 0 Å². The molecule has 0 saturated carbocycles. The van der Waals surface area contributed by atoms with Gasteiger partial charge >= 0.3 is 6.09 Å². The molecule has 2 unspecified atom stereocenters. The minimum atomic E-state index is -1.32. The largest absolute Gasteiger partial charge is 0.444 e. The lowest BCUT2D eigenvalue weighted by atomic mass is 9.84. The Morgan fingerprint density at radius 1 is 1.00 bits per heavy atom. The number of rotatable bonds is 2. The first-order valence-corrected chi connectivity index (χ1v) is 8.77. The molecule has 3 rings (SSSR count). The molecule has 0 radical (unpaired) electrons. The van der Waals surface area contributed by atoms with Gasteiger partial charge in [0, 0.05) is 24.1 Å². The van der Waals surface area contributed by atoms with Crippen LogP contribution in [0, 0.1) is 23.4 Å². The summed E-state index contributed by atoms with van der Waals surface area (Å²) >= 11 is 0. The summed E-state index contributed by atoms with van der Waals surface area (Å²) in [6.45, 7) is 5.36. The number of fused-ring (bicyclic) bond motifs is 2. The fraction of sp³-hybridized carbons (Fsp3) is 0.579. The van der Waals surface area contributed by atoms with Gasteiger partial charge in [0.05, 0.1) is 5.56 Å². The van der Waals surface area contributed by atoms with Crippen molar-refractivity contribution >= 4 is 11.9 Å². The predicted molar refractivity (Wildman–Crippen MR) is 88.3 cm³/mol. The number of nitrogens with zero attached hydrogens (tertiary/aromatic N) is 1. The molecule has 1 amide bonds. The van der Waals surface area contributed by atoms with Crippen LogP contribution in [0.3, 0.4) is 0 Å². The number of benzene rings is 1. The average Bonchev–Trinajstić information content (AvgIpc) is 2.79. The van der Waals surface area contributed by atoms with E-state index in [-0.39, 0.29) is 12.1 Å². The maximum atomic E-state index is 13.9. The number of piperidine rings is 1. The van der Waals surface area contributed by atoms with Gasteiger partial charge < -0.3 is 9.64 Å². The highest BCUT2D eigenvalue weighted by molar-refractivity contribution is 5.98. The Bertz CT molecular complexity index is 730. The van der Waals surface area contributed by atoms with E-state index < -0.39 is 46.4 Å². The standard InChI is InChI=1S/C19H22F3NO3/c1-19(2,3)26-18(25)23-11-4-5-12(23)7-10(6-11)17(24)13-8-15(21)16(22)9-14(13)20/h8-12H,4-7H2,1-3H3. The number of hydrogen-bond donors (Lipinski definition) is 0. The Balaban J connectivity index is 1.76. The monoisotopic (exact) mass is 369 g/mol. The molecule has 2 aliphatic heterocycles. The van der Waals surface area contributed by atoms with Crippen LogP contribution in [-0.4, -0.2) is 34.5 Å². The summed E-state index contributed by atoms with van der Waals surface area (Å²) in [5.74, 6) is -4.69. The van der Waals surface area contributed by atoms with Gasteiger partial charge in [-0.05, 0) is 52.5 Å². The maximum Gasteiger partial charge on any atom is 0.410 e. The summed E-state index contributed by atoms with van der Waals surface area (Å²) in [5.41, 5.74) is -1.04. The molecule has 4 nitrogen and oxygen atoms in total. The van der Waals surface area contributed by atoms with Crippen molar-refractivity contribution in [3.05, 3.63) is 35.1 Å². The molecule has 0 aromatic heterocycles. The van der Waals surface area contributed by atoms with Crippen LogP contribution in [0.2, 0.25) is 0 Å². The van der Waals surface area contributed by atoms with Crippen molar-refractivity contribution in [1.29, 1.82) is 0 Å². The molecule has 2 fully saturated rings. The fourth-order valence-corrected chi connectivity index (χ4v) is 3.94. The average molecular weight is 369 g/mol. The number of amides is 1. The van der Waals surface area contributed by atoms with Gasteiger partial charge in [0.2, 0.25) is 0 Å². The molecule has 26 heavy (non-hydrogen) atoms. The molecule has 1 aromatic carbocycles. The van der Waals surface area contributed by atoms with Crippen LogP contribution >= 0.6 is 0 Å². The number of Topliss-reactive ketones (excluding diaryl/α,β-unsaturated/α-hetero) is 1. The molecule has 2 aliphatic rings. The van der Waals surface area contributed by atoms with E-state index in [0.29, 0.717) is 25.0 Å². The molecule has 2 bridgehead atoms. The normalized spacial score (nSPS) is 25.3. The molecule has 1 aromatic rings. The zero-order valence-corrected chi connectivity index (χ0v) is 15.0. The Labute approximate surface area is 150 Å². The topological polar surface area (TPSA) is 46.6 Å². The lowest BCUT2D eigenvalue weighted by Crippen LogP contribution is -2.49. The van der Waals surface area contributed by atoms with Crippen molar-refractivity contribution in [2.75, 3.05) is 0 Å². The Hall–Kier alpha value is -2.05. The smallest absolute Gasteiger partial charge is 0.410 e.